The van der Waals surface area contributed by atoms with E-state index in [0.29, 0.717) is 5.56 Å². The van der Waals surface area contributed by atoms with Crippen LogP contribution in [0.2, 0.25) is 0 Å². The summed E-state index contributed by atoms with van der Waals surface area (Å²) in [7, 11) is -3.94. The first-order chi connectivity index (χ1) is 12.5. The van der Waals surface area contributed by atoms with Gasteiger partial charge < -0.3 is 0 Å². The molecule has 0 amide bonds. The standard InChI is InChI=1S/C17H14F3N3O2S/c1-11-2-4-12(5-3-11)15-10-16(17(18,19)20)22-23(15)13-6-8-14(9-7-13)26(21,24)25/h2-10H,1H3,(H2,21,24,25)/i10D. The normalized spacial score (nSPS) is 12.9. The van der Waals surface area contributed by atoms with E-state index in [-0.39, 0.29) is 16.3 Å². The summed E-state index contributed by atoms with van der Waals surface area (Å²) < 4.78 is 71.5. The molecule has 2 N–H and O–H groups in total. The summed E-state index contributed by atoms with van der Waals surface area (Å²) in [4.78, 5) is -0.183. The van der Waals surface area contributed by atoms with E-state index in [4.69, 9.17) is 6.51 Å². The maximum absolute atomic E-state index is 13.3. The van der Waals surface area contributed by atoms with Gasteiger partial charge in [-0.1, -0.05) is 29.8 Å². The molecule has 3 rings (SSSR count). The van der Waals surface area contributed by atoms with Crippen LogP contribution in [0, 0.1) is 6.92 Å². The Morgan fingerprint density at radius 3 is 2.15 bits per heavy atom. The number of aromatic nitrogens is 2. The molecule has 0 saturated heterocycles. The number of alkyl halides is 3. The molecular formula is C17H14F3N3O2S. The Kier molecular flexibility index (Phi) is 4.04. The second kappa shape index (κ2) is 6.26. The van der Waals surface area contributed by atoms with Gasteiger partial charge >= 0.3 is 6.18 Å². The summed E-state index contributed by atoms with van der Waals surface area (Å²) in [6.45, 7) is 1.83. The van der Waals surface area contributed by atoms with Crippen LogP contribution in [0.25, 0.3) is 16.9 Å². The zero-order valence-corrected chi connectivity index (χ0v) is 14.3. The lowest BCUT2D eigenvalue weighted by atomic mass is 10.1. The van der Waals surface area contributed by atoms with Gasteiger partial charge in [-0.15, -0.1) is 0 Å². The quantitative estimate of drug-likeness (QED) is 0.753. The molecule has 0 aliphatic carbocycles. The molecular weight excluding hydrogens is 367 g/mol. The SMILES string of the molecule is [2H]c1c(C(F)(F)F)nn(-c2ccc(S(N)(=O)=O)cc2)c1-c1ccc(C)cc1. The molecule has 0 radical (unpaired) electrons. The monoisotopic (exact) mass is 382 g/mol. The van der Waals surface area contributed by atoms with E-state index < -0.39 is 27.9 Å². The van der Waals surface area contributed by atoms with Gasteiger partial charge in [0.1, 0.15) is 0 Å². The predicted molar refractivity (Wildman–Crippen MR) is 90.1 cm³/mol. The number of hydrogen-bond donors (Lipinski definition) is 1. The van der Waals surface area contributed by atoms with E-state index in [1.807, 2.05) is 6.92 Å². The number of nitrogens with two attached hydrogens (primary N) is 1. The lowest BCUT2D eigenvalue weighted by molar-refractivity contribution is -0.141. The molecule has 136 valence electrons. The van der Waals surface area contributed by atoms with Crippen LogP contribution in [0.3, 0.4) is 0 Å². The fourth-order valence-corrected chi connectivity index (χ4v) is 2.85. The molecule has 3 aromatic rings. The topological polar surface area (TPSA) is 78.0 Å². The molecule has 1 heterocycles. The second-order valence-electron chi connectivity index (χ2n) is 5.64. The van der Waals surface area contributed by atoms with Gasteiger partial charge in [0.05, 0.1) is 17.6 Å². The second-order valence-corrected chi connectivity index (χ2v) is 7.20. The van der Waals surface area contributed by atoms with Crippen molar-refractivity contribution >= 4 is 10.0 Å². The molecule has 0 saturated carbocycles. The van der Waals surface area contributed by atoms with Crippen LogP contribution in [0.15, 0.2) is 59.5 Å². The minimum atomic E-state index is -4.80. The van der Waals surface area contributed by atoms with Gasteiger partial charge in [-0.25, -0.2) is 18.2 Å². The Morgan fingerprint density at radius 1 is 1.08 bits per heavy atom. The minimum absolute atomic E-state index is 0.0503. The van der Waals surface area contributed by atoms with Crippen LogP contribution < -0.4 is 5.14 Å². The van der Waals surface area contributed by atoms with Crippen molar-refractivity contribution in [2.24, 2.45) is 5.14 Å². The van der Waals surface area contributed by atoms with Gasteiger partial charge in [-0.3, -0.25) is 0 Å². The van der Waals surface area contributed by atoms with Gasteiger partial charge in [0.15, 0.2) is 5.69 Å². The highest BCUT2D eigenvalue weighted by Gasteiger charge is 2.35. The summed E-state index contributed by atoms with van der Waals surface area (Å²) >= 11 is 0. The van der Waals surface area contributed by atoms with Crippen LogP contribution in [-0.4, -0.2) is 18.2 Å². The molecule has 0 unspecified atom stereocenters. The summed E-state index contributed by atoms with van der Waals surface area (Å²) in [6.07, 6.45) is -4.80. The molecule has 0 spiro atoms. The van der Waals surface area contributed by atoms with Gasteiger partial charge in [0.2, 0.25) is 10.0 Å². The lowest BCUT2D eigenvalue weighted by Crippen LogP contribution is -2.12. The average molecular weight is 382 g/mol. The molecule has 0 fully saturated rings. The summed E-state index contributed by atoms with van der Waals surface area (Å²) in [5.74, 6) is 0. The molecule has 0 bridgehead atoms. The van der Waals surface area contributed by atoms with E-state index in [9.17, 15) is 21.6 Å². The van der Waals surface area contributed by atoms with E-state index in [1.165, 1.54) is 24.3 Å². The van der Waals surface area contributed by atoms with Crippen molar-refractivity contribution in [2.75, 3.05) is 0 Å². The highest BCUT2D eigenvalue weighted by molar-refractivity contribution is 7.89. The average Bonchev–Trinajstić information content (AvgIpc) is 2.92. The van der Waals surface area contributed by atoms with Crippen LogP contribution in [0.5, 0.6) is 0 Å². The third-order valence-electron chi connectivity index (χ3n) is 3.65. The Labute approximate surface area is 149 Å². The maximum atomic E-state index is 13.3. The first kappa shape index (κ1) is 16.8. The molecule has 9 heteroatoms. The summed E-state index contributed by atoms with van der Waals surface area (Å²) in [6, 6.07) is 10.8. The van der Waals surface area contributed by atoms with E-state index >= 15 is 0 Å². The predicted octanol–water partition coefficient (Wildman–Crippen LogP) is 3.51. The van der Waals surface area contributed by atoms with E-state index in [1.54, 1.807) is 24.3 Å². The van der Waals surface area contributed by atoms with Crippen LogP contribution >= 0.6 is 0 Å². The zero-order chi connectivity index (χ0) is 20.0. The molecule has 1 aromatic heterocycles. The zero-order valence-electron chi connectivity index (χ0n) is 14.4. The molecule has 26 heavy (non-hydrogen) atoms. The molecule has 0 aliphatic rings. The highest BCUT2D eigenvalue weighted by atomic mass is 32.2. The lowest BCUT2D eigenvalue weighted by Gasteiger charge is -2.09. The van der Waals surface area contributed by atoms with E-state index in [0.717, 1.165) is 10.2 Å². The van der Waals surface area contributed by atoms with Crippen molar-refractivity contribution in [2.45, 2.75) is 18.0 Å². The van der Waals surface area contributed by atoms with E-state index in [2.05, 4.69) is 5.10 Å². The third kappa shape index (κ3) is 3.63. The van der Waals surface area contributed by atoms with Crippen molar-refractivity contribution in [1.82, 2.24) is 9.78 Å². The fraction of sp³-hybridized carbons (Fsp3) is 0.118. The molecule has 5 nitrogen and oxygen atoms in total. The first-order valence-corrected chi connectivity index (χ1v) is 8.90. The Bertz CT molecular complexity index is 1090. The van der Waals surface area contributed by atoms with Gasteiger partial charge in [-0.2, -0.15) is 18.3 Å². The van der Waals surface area contributed by atoms with Crippen LogP contribution in [-0.2, 0) is 16.2 Å². The number of halogens is 3. The fourth-order valence-electron chi connectivity index (χ4n) is 2.34. The third-order valence-corrected chi connectivity index (χ3v) is 4.58. The molecule has 2 aromatic carbocycles. The van der Waals surface area contributed by atoms with Crippen molar-refractivity contribution in [3.63, 3.8) is 0 Å². The van der Waals surface area contributed by atoms with Crippen molar-refractivity contribution in [3.05, 3.63) is 65.8 Å². The minimum Gasteiger partial charge on any atom is -0.233 e. The first-order valence-electron chi connectivity index (χ1n) is 7.85. The van der Waals surface area contributed by atoms with Crippen molar-refractivity contribution < 1.29 is 23.0 Å². The number of aryl methyl sites for hydroxylation is 1. The smallest absolute Gasteiger partial charge is 0.233 e. The van der Waals surface area contributed by atoms with Gasteiger partial charge in [-0.05, 0) is 37.2 Å². The maximum Gasteiger partial charge on any atom is 0.435 e. The number of rotatable bonds is 3. The van der Waals surface area contributed by atoms with Crippen molar-refractivity contribution in [1.29, 1.82) is 0 Å². The Morgan fingerprint density at radius 2 is 1.65 bits per heavy atom. The number of primary sulfonamides is 1. The summed E-state index contributed by atoms with van der Waals surface area (Å²) in [5.41, 5.74) is 0.0790. The number of hydrogen-bond acceptors (Lipinski definition) is 3. The van der Waals surface area contributed by atoms with Crippen LogP contribution in [0.1, 0.15) is 12.6 Å². The summed E-state index contributed by atoms with van der Waals surface area (Å²) in [5, 5.41) is 8.60. The van der Waals surface area contributed by atoms with Crippen LogP contribution in [0.4, 0.5) is 13.2 Å². The largest absolute Gasteiger partial charge is 0.435 e. The highest BCUT2D eigenvalue weighted by Crippen LogP contribution is 2.33. The number of nitrogens with zero attached hydrogens (tertiary/aromatic N) is 2. The Hall–Kier alpha value is -2.65. The Balaban J connectivity index is 2.24. The molecule has 0 atom stereocenters. The van der Waals surface area contributed by atoms with Gasteiger partial charge in [0, 0.05) is 5.56 Å². The van der Waals surface area contributed by atoms with Crippen molar-refractivity contribution in [3.8, 4) is 16.9 Å². The van der Waals surface area contributed by atoms with Gasteiger partial charge in [0.25, 0.3) is 0 Å². The number of benzene rings is 2. The number of sulfonamides is 1. The molecule has 0 aliphatic heterocycles.